The predicted molar refractivity (Wildman–Crippen MR) is 51.1 cm³/mol. The fourth-order valence-electron chi connectivity index (χ4n) is 1.82. The van der Waals surface area contributed by atoms with Gasteiger partial charge in [0.05, 0.1) is 6.20 Å². The average molecular weight is 180 g/mol. The Bertz CT molecular complexity index is 281. The zero-order chi connectivity index (χ0) is 9.26. The van der Waals surface area contributed by atoms with Crippen molar-refractivity contribution in [2.24, 2.45) is 12.8 Å². The van der Waals surface area contributed by atoms with Gasteiger partial charge in [-0.2, -0.15) is 5.10 Å². The second kappa shape index (κ2) is 3.47. The Morgan fingerprint density at radius 1 is 1.69 bits per heavy atom. The molecule has 1 fully saturated rings. The number of hydrogen-bond donors (Lipinski definition) is 1. The molecular formula is C9H16N4. The lowest BCUT2D eigenvalue weighted by atomic mass is 10.3. The van der Waals surface area contributed by atoms with E-state index in [1.165, 1.54) is 5.56 Å². The Morgan fingerprint density at radius 2 is 2.54 bits per heavy atom. The Labute approximate surface area is 78.3 Å². The standard InChI is InChI=1S/C9H16N4/c1-12-5-8(4-11-12)6-13-3-2-9(10)7-13/h4-5,9H,2-3,6-7,10H2,1H3. The Morgan fingerprint density at radius 3 is 3.08 bits per heavy atom. The maximum absolute atomic E-state index is 5.82. The van der Waals surface area contributed by atoms with Crippen LogP contribution in [0, 0.1) is 0 Å². The second-order valence-corrected chi connectivity index (χ2v) is 3.81. The Hall–Kier alpha value is -0.870. The molecule has 13 heavy (non-hydrogen) atoms. The first-order valence-corrected chi connectivity index (χ1v) is 4.69. The third-order valence-electron chi connectivity index (χ3n) is 2.47. The van der Waals surface area contributed by atoms with Crippen molar-refractivity contribution in [3.63, 3.8) is 0 Å². The zero-order valence-electron chi connectivity index (χ0n) is 7.98. The van der Waals surface area contributed by atoms with Gasteiger partial charge in [-0.1, -0.05) is 0 Å². The number of likely N-dealkylation sites (tertiary alicyclic amines) is 1. The molecule has 1 aromatic rings. The SMILES string of the molecule is Cn1cc(CN2CCC(N)C2)cn1. The second-order valence-electron chi connectivity index (χ2n) is 3.81. The fourth-order valence-corrected chi connectivity index (χ4v) is 1.82. The van der Waals surface area contributed by atoms with Gasteiger partial charge in [-0.3, -0.25) is 9.58 Å². The lowest BCUT2D eigenvalue weighted by Gasteiger charge is -2.12. The van der Waals surface area contributed by atoms with Crippen LogP contribution < -0.4 is 5.73 Å². The van der Waals surface area contributed by atoms with Crippen molar-refractivity contribution in [3.8, 4) is 0 Å². The monoisotopic (exact) mass is 180 g/mol. The van der Waals surface area contributed by atoms with Gasteiger partial charge in [0.15, 0.2) is 0 Å². The largest absolute Gasteiger partial charge is 0.326 e. The quantitative estimate of drug-likeness (QED) is 0.694. The molecular weight excluding hydrogens is 164 g/mol. The van der Waals surface area contributed by atoms with Crippen molar-refractivity contribution in [1.29, 1.82) is 0 Å². The molecule has 1 saturated heterocycles. The Kier molecular flexibility index (Phi) is 2.33. The summed E-state index contributed by atoms with van der Waals surface area (Å²) in [4.78, 5) is 2.38. The van der Waals surface area contributed by atoms with Crippen LogP contribution in [0.3, 0.4) is 0 Å². The highest BCUT2D eigenvalue weighted by molar-refractivity contribution is 5.03. The minimum absolute atomic E-state index is 0.372. The number of hydrogen-bond acceptors (Lipinski definition) is 3. The molecule has 0 bridgehead atoms. The van der Waals surface area contributed by atoms with E-state index in [2.05, 4.69) is 16.2 Å². The first kappa shape index (κ1) is 8.72. The smallest absolute Gasteiger partial charge is 0.0534 e. The van der Waals surface area contributed by atoms with Crippen molar-refractivity contribution in [3.05, 3.63) is 18.0 Å². The van der Waals surface area contributed by atoms with E-state index in [0.29, 0.717) is 6.04 Å². The molecule has 2 rings (SSSR count). The van der Waals surface area contributed by atoms with Crippen LogP contribution in [0.4, 0.5) is 0 Å². The number of nitrogens with zero attached hydrogens (tertiary/aromatic N) is 3. The Balaban J connectivity index is 1.91. The first-order valence-electron chi connectivity index (χ1n) is 4.69. The maximum Gasteiger partial charge on any atom is 0.0534 e. The van der Waals surface area contributed by atoms with Crippen LogP contribution in [0.25, 0.3) is 0 Å². The molecule has 1 atom stereocenters. The van der Waals surface area contributed by atoms with Gasteiger partial charge < -0.3 is 5.73 Å². The van der Waals surface area contributed by atoms with Crippen LogP contribution in [0.1, 0.15) is 12.0 Å². The van der Waals surface area contributed by atoms with E-state index in [1.807, 2.05) is 17.9 Å². The summed E-state index contributed by atoms with van der Waals surface area (Å²) in [7, 11) is 1.94. The summed E-state index contributed by atoms with van der Waals surface area (Å²) in [5, 5.41) is 4.14. The van der Waals surface area contributed by atoms with Crippen LogP contribution in [0.5, 0.6) is 0 Å². The number of aromatic nitrogens is 2. The molecule has 1 aliphatic rings. The van der Waals surface area contributed by atoms with Crippen molar-refractivity contribution < 1.29 is 0 Å². The van der Waals surface area contributed by atoms with Crippen LogP contribution in [-0.2, 0) is 13.6 Å². The zero-order valence-corrected chi connectivity index (χ0v) is 7.98. The summed E-state index contributed by atoms with van der Waals surface area (Å²) in [6, 6.07) is 0.372. The molecule has 2 N–H and O–H groups in total. The topological polar surface area (TPSA) is 47.1 Å². The van der Waals surface area contributed by atoms with Crippen molar-refractivity contribution >= 4 is 0 Å². The van der Waals surface area contributed by atoms with E-state index in [-0.39, 0.29) is 0 Å². The van der Waals surface area contributed by atoms with Crippen LogP contribution in [-0.4, -0.2) is 33.8 Å². The van der Waals surface area contributed by atoms with E-state index in [0.717, 1.165) is 26.1 Å². The third-order valence-corrected chi connectivity index (χ3v) is 2.47. The highest BCUT2D eigenvalue weighted by Crippen LogP contribution is 2.11. The molecule has 4 heteroatoms. The van der Waals surface area contributed by atoms with Gasteiger partial charge in [-0.15, -0.1) is 0 Å². The summed E-state index contributed by atoms with van der Waals surface area (Å²) in [6.45, 7) is 3.13. The van der Waals surface area contributed by atoms with E-state index in [4.69, 9.17) is 5.73 Å². The molecule has 0 aliphatic carbocycles. The van der Waals surface area contributed by atoms with Crippen molar-refractivity contribution in [2.75, 3.05) is 13.1 Å². The van der Waals surface area contributed by atoms with Crippen molar-refractivity contribution in [1.82, 2.24) is 14.7 Å². The van der Waals surface area contributed by atoms with Gasteiger partial charge in [-0.05, 0) is 6.42 Å². The van der Waals surface area contributed by atoms with Gasteiger partial charge in [0.1, 0.15) is 0 Å². The summed E-state index contributed by atoms with van der Waals surface area (Å²) < 4.78 is 1.84. The van der Waals surface area contributed by atoms with Gasteiger partial charge in [0.2, 0.25) is 0 Å². The molecule has 4 nitrogen and oxygen atoms in total. The molecule has 0 radical (unpaired) electrons. The van der Waals surface area contributed by atoms with Gasteiger partial charge in [0.25, 0.3) is 0 Å². The minimum atomic E-state index is 0.372. The van der Waals surface area contributed by atoms with Crippen LogP contribution in [0.2, 0.25) is 0 Å². The molecule has 0 amide bonds. The van der Waals surface area contributed by atoms with E-state index in [9.17, 15) is 0 Å². The number of nitrogens with two attached hydrogens (primary N) is 1. The first-order chi connectivity index (χ1) is 6.24. The molecule has 0 spiro atoms. The maximum atomic E-state index is 5.82. The van der Waals surface area contributed by atoms with Crippen LogP contribution >= 0.6 is 0 Å². The van der Waals surface area contributed by atoms with Gasteiger partial charge in [-0.25, -0.2) is 0 Å². The number of aryl methyl sites for hydroxylation is 1. The van der Waals surface area contributed by atoms with E-state index in [1.54, 1.807) is 0 Å². The normalized spacial score (nSPS) is 24.0. The minimum Gasteiger partial charge on any atom is -0.326 e. The van der Waals surface area contributed by atoms with Crippen LogP contribution in [0.15, 0.2) is 12.4 Å². The molecule has 0 aromatic carbocycles. The average Bonchev–Trinajstić information content (AvgIpc) is 2.62. The van der Waals surface area contributed by atoms with Crippen molar-refractivity contribution in [2.45, 2.75) is 19.0 Å². The molecule has 1 aliphatic heterocycles. The van der Waals surface area contributed by atoms with E-state index < -0.39 is 0 Å². The molecule has 0 saturated carbocycles. The summed E-state index contributed by atoms with van der Waals surface area (Å²) in [5.41, 5.74) is 7.10. The molecule has 2 heterocycles. The predicted octanol–water partition coefficient (Wildman–Crippen LogP) is -0.0469. The third kappa shape index (κ3) is 2.08. The van der Waals surface area contributed by atoms with Gasteiger partial charge in [0, 0.05) is 44.5 Å². The summed E-state index contributed by atoms with van der Waals surface area (Å²) in [5.74, 6) is 0. The molecule has 72 valence electrons. The van der Waals surface area contributed by atoms with E-state index >= 15 is 0 Å². The highest BCUT2D eigenvalue weighted by atomic mass is 15.2. The lowest BCUT2D eigenvalue weighted by molar-refractivity contribution is 0.327. The van der Waals surface area contributed by atoms with Gasteiger partial charge >= 0.3 is 0 Å². The number of rotatable bonds is 2. The highest BCUT2D eigenvalue weighted by Gasteiger charge is 2.18. The fraction of sp³-hybridized carbons (Fsp3) is 0.667. The summed E-state index contributed by atoms with van der Waals surface area (Å²) in [6.07, 6.45) is 5.11. The molecule has 1 unspecified atom stereocenters. The lowest BCUT2D eigenvalue weighted by Crippen LogP contribution is -2.26. The summed E-state index contributed by atoms with van der Waals surface area (Å²) >= 11 is 0. The molecule has 1 aromatic heterocycles.